The van der Waals surface area contributed by atoms with Crippen molar-refractivity contribution in [2.24, 2.45) is 0 Å². The molecular weight excluding hydrogens is 1150 g/mol. The van der Waals surface area contributed by atoms with Crippen molar-refractivity contribution in [1.82, 2.24) is 0 Å². The van der Waals surface area contributed by atoms with Crippen LogP contribution in [-0.2, 0) is 33.3 Å². The van der Waals surface area contributed by atoms with Gasteiger partial charge in [0.25, 0.3) is 6.29 Å². The van der Waals surface area contributed by atoms with Gasteiger partial charge in [0, 0.05) is 12.8 Å². The number of hydrogen-bond donors (Lipinski definition) is 1. The van der Waals surface area contributed by atoms with Gasteiger partial charge in [-0.25, -0.2) is 4.79 Å². The van der Waals surface area contributed by atoms with E-state index in [9.17, 15) is 19.5 Å². The summed E-state index contributed by atoms with van der Waals surface area (Å²) < 4.78 is 23.1. The van der Waals surface area contributed by atoms with E-state index in [0.717, 1.165) is 38.5 Å². The van der Waals surface area contributed by atoms with Crippen molar-refractivity contribution >= 4 is 17.9 Å². The Morgan fingerprint density at radius 1 is 0.312 bits per heavy atom. The molecule has 9 nitrogen and oxygen atoms in total. The van der Waals surface area contributed by atoms with E-state index in [0.29, 0.717) is 17.4 Å². The van der Waals surface area contributed by atoms with E-state index in [1.54, 1.807) is 0 Å². The first kappa shape index (κ1) is 90.8. The van der Waals surface area contributed by atoms with Crippen LogP contribution >= 0.6 is 0 Å². The van der Waals surface area contributed by atoms with E-state index in [-0.39, 0.29) is 38.2 Å². The van der Waals surface area contributed by atoms with Gasteiger partial charge in [0.15, 0.2) is 6.10 Å². The number of carboxylic acids is 1. The number of likely N-dealkylation sites (N-methyl/N-ethyl adjacent to an activating group) is 1. The maximum atomic E-state index is 13.0. The van der Waals surface area contributed by atoms with Crippen LogP contribution in [0, 0.1) is 0 Å². The molecular formula is C84H162NO8+. The van der Waals surface area contributed by atoms with Crippen LogP contribution in [0.15, 0.2) is 24.3 Å². The minimum Gasteiger partial charge on any atom is -0.477 e. The summed E-state index contributed by atoms with van der Waals surface area (Å²) in [5.41, 5.74) is 0. The van der Waals surface area contributed by atoms with E-state index in [2.05, 4.69) is 38.2 Å². The van der Waals surface area contributed by atoms with Gasteiger partial charge in [-0.15, -0.1) is 0 Å². The second kappa shape index (κ2) is 75.5. The zero-order valence-electron chi connectivity index (χ0n) is 63.2. The lowest BCUT2D eigenvalue weighted by Crippen LogP contribution is -2.40. The smallest absolute Gasteiger partial charge is 0.361 e. The first-order valence-corrected chi connectivity index (χ1v) is 41.5. The number of carboxylic acid groups (broad SMARTS) is 1. The van der Waals surface area contributed by atoms with Crippen LogP contribution < -0.4 is 0 Å². The molecule has 1 N–H and O–H groups in total. The van der Waals surface area contributed by atoms with Crippen molar-refractivity contribution in [2.45, 2.75) is 450 Å². The zero-order chi connectivity index (χ0) is 67.5. The van der Waals surface area contributed by atoms with E-state index >= 15 is 0 Å². The van der Waals surface area contributed by atoms with Crippen LogP contribution in [-0.4, -0.2) is 87.4 Å². The second-order valence-electron chi connectivity index (χ2n) is 29.8. The van der Waals surface area contributed by atoms with Crippen LogP contribution in [0.25, 0.3) is 0 Å². The van der Waals surface area contributed by atoms with Gasteiger partial charge < -0.3 is 28.5 Å². The molecule has 550 valence electrons. The summed E-state index contributed by atoms with van der Waals surface area (Å²) in [6.07, 6.45) is 93.6. The van der Waals surface area contributed by atoms with Gasteiger partial charge in [-0.1, -0.05) is 385 Å². The number of allylic oxidation sites excluding steroid dienone is 4. The molecule has 0 bridgehead atoms. The van der Waals surface area contributed by atoms with Crippen LogP contribution in [0.5, 0.6) is 0 Å². The number of quaternary nitrogens is 1. The third-order valence-corrected chi connectivity index (χ3v) is 19.2. The largest absolute Gasteiger partial charge is 0.477 e. The fourth-order valence-corrected chi connectivity index (χ4v) is 12.8. The molecule has 0 aliphatic heterocycles. The highest BCUT2D eigenvalue weighted by molar-refractivity contribution is 5.71. The molecule has 0 radical (unpaired) electrons. The molecule has 0 heterocycles. The molecule has 0 aliphatic rings. The number of carbonyl (C=O) groups is 3. The van der Waals surface area contributed by atoms with Crippen molar-refractivity contribution in [3.63, 3.8) is 0 Å². The van der Waals surface area contributed by atoms with Crippen molar-refractivity contribution in [3.05, 3.63) is 24.3 Å². The second-order valence-corrected chi connectivity index (χ2v) is 29.8. The van der Waals surface area contributed by atoms with Crippen LogP contribution in [0.3, 0.4) is 0 Å². The Balaban J connectivity index is 3.93. The molecule has 0 aromatic rings. The number of nitrogens with zero attached hydrogens (tertiary/aromatic N) is 1. The van der Waals surface area contributed by atoms with E-state index in [1.165, 1.54) is 372 Å². The summed E-state index contributed by atoms with van der Waals surface area (Å²) >= 11 is 0. The highest BCUT2D eigenvalue weighted by Crippen LogP contribution is 2.20. The summed E-state index contributed by atoms with van der Waals surface area (Å²) in [6.45, 7) is 4.97. The summed E-state index contributed by atoms with van der Waals surface area (Å²) in [7, 11) is 6.00. The Labute approximate surface area is 579 Å². The molecule has 0 rings (SSSR count). The molecule has 2 unspecified atom stereocenters. The lowest BCUT2D eigenvalue weighted by atomic mass is 10.0. The number of rotatable bonds is 79. The standard InChI is InChI=1S/C84H161NO8/c1-6-8-10-12-14-16-18-20-22-24-26-28-30-32-34-36-37-38-39-40-41-42-43-44-45-47-49-51-53-55-57-59-61-63-65-67-69-71-73-75-82(87)93-80(79-92-84(83(88)89)90-77-76-85(3,4)5)78-91-81(86)74-72-70-68-66-64-62-60-58-56-54-52-50-48-46-35-33-31-29-27-25-23-21-19-17-15-13-11-9-7-2/h24-27,80,84H,6-23,28-79H2,1-5H3/p+1/b26-24-,27-25-. The molecule has 93 heavy (non-hydrogen) atoms. The number of unbranched alkanes of at least 4 members (excludes halogenated alkanes) is 60. The van der Waals surface area contributed by atoms with E-state index in [4.69, 9.17) is 18.9 Å². The van der Waals surface area contributed by atoms with Gasteiger partial charge in [0.2, 0.25) is 0 Å². The molecule has 0 saturated carbocycles. The van der Waals surface area contributed by atoms with E-state index < -0.39 is 18.4 Å². The van der Waals surface area contributed by atoms with Gasteiger partial charge in [-0.3, -0.25) is 9.59 Å². The van der Waals surface area contributed by atoms with Crippen molar-refractivity contribution in [1.29, 1.82) is 0 Å². The number of carbonyl (C=O) groups excluding carboxylic acids is 2. The number of hydrogen-bond acceptors (Lipinski definition) is 7. The highest BCUT2D eigenvalue weighted by Gasteiger charge is 2.25. The van der Waals surface area contributed by atoms with Gasteiger partial charge in [-0.05, 0) is 64.2 Å². The molecule has 0 amide bonds. The molecule has 2 atom stereocenters. The molecule has 9 heteroatoms. The zero-order valence-corrected chi connectivity index (χ0v) is 63.2. The third kappa shape index (κ3) is 77.0. The number of ether oxygens (including phenoxy) is 4. The fraction of sp³-hybridized carbons (Fsp3) is 0.917. The van der Waals surface area contributed by atoms with Crippen molar-refractivity contribution in [2.75, 3.05) is 47.5 Å². The minimum absolute atomic E-state index is 0.174. The number of aliphatic carboxylic acids is 1. The third-order valence-electron chi connectivity index (χ3n) is 19.2. The first-order chi connectivity index (χ1) is 45.6. The Hall–Kier alpha value is -2.23. The van der Waals surface area contributed by atoms with Gasteiger partial charge >= 0.3 is 17.9 Å². The summed E-state index contributed by atoms with van der Waals surface area (Å²) in [5.74, 6) is -1.97. The Bertz CT molecular complexity index is 1580. The average Bonchev–Trinajstić information content (AvgIpc) is 3.38. The Kier molecular flexibility index (Phi) is 73.7. The summed E-state index contributed by atoms with van der Waals surface area (Å²) in [6, 6.07) is 0. The molecule has 0 fully saturated rings. The predicted molar refractivity (Wildman–Crippen MR) is 401 cm³/mol. The maximum absolute atomic E-state index is 13.0. The summed E-state index contributed by atoms with van der Waals surface area (Å²) in [5, 5.41) is 9.78. The lowest BCUT2D eigenvalue weighted by Gasteiger charge is -2.25. The van der Waals surface area contributed by atoms with Gasteiger partial charge in [0.05, 0.1) is 34.4 Å². The monoisotopic (exact) mass is 1310 g/mol. The molecule has 0 spiro atoms. The quantitative estimate of drug-likeness (QED) is 0.0211. The molecule has 0 aromatic carbocycles. The van der Waals surface area contributed by atoms with Gasteiger partial charge in [0.1, 0.15) is 13.2 Å². The Morgan fingerprint density at radius 2 is 0.548 bits per heavy atom. The van der Waals surface area contributed by atoms with E-state index in [1.807, 2.05) is 21.1 Å². The minimum atomic E-state index is -1.51. The maximum Gasteiger partial charge on any atom is 0.361 e. The molecule has 0 saturated heterocycles. The van der Waals surface area contributed by atoms with Crippen molar-refractivity contribution < 1.29 is 42.9 Å². The molecule has 0 aromatic heterocycles. The highest BCUT2D eigenvalue weighted by atomic mass is 16.7. The SMILES string of the molecule is CCCCCCCCCC/C=C\CCCCCCCCCCCCCCCCCCCCCCCCCCCCCC(=O)OC(COC(=O)CCCCCCCCCCCCCCCCCCC/C=C\CCCCCCCCCC)COC(OCC[N+](C)(C)C)C(=O)O. The van der Waals surface area contributed by atoms with Gasteiger partial charge in [-0.2, -0.15) is 0 Å². The topological polar surface area (TPSA) is 108 Å². The normalized spacial score (nSPS) is 12.7. The summed E-state index contributed by atoms with van der Waals surface area (Å²) in [4.78, 5) is 37.7. The fourth-order valence-electron chi connectivity index (χ4n) is 12.8. The van der Waals surface area contributed by atoms with Crippen LogP contribution in [0.2, 0.25) is 0 Å². The Morgan fingerprint density at radius 3 is 0.796 bits per heavy atom. The number of esters is 2. The van der Waals surface area contributed by atoms with Crippen LogP contribution in [0.4, 0.5) is 0 Å². The molecule has 0 aliphatic carbocycles. The van der Waals surface area contributed by atoms with Crippen LogP contribution in [0.1, 0.15) is 438 Å². The lowest BCUT2D eigenvalue weighted by molar-refractivity contribution is -0.870. The average molecular weight is 1310 g/mol. The van der Waals surface area contributed by atoms with Crippen molar-refractivity contribution in [3.8, 4) is 0 Å². The first-order valence-electron chi connectivity index (χ1n) is 41.5. The predicted octanol–water partition coefficient (Wildman–Crippen LogP) is 26.5.